The monoisotopic (exact) mass is 282 g/mol. The topological polar surface area (TPSA) is 62.7 Å². The second-order valence-electron chi connectivity index (χ2n) is 5.10. The first kappa shape index (κ1) is 12.5. The molecule has 1 aromatic heterocycles. The number of amides is 1. The second-order valence-corrected chi connectivity index (χ2v) is 5.51. The van der Waals surface area contributed by atoms with E-state index >= 15 is 0 Å². The molecular weight excluding hydrogens is 268 g/mol. The van der Waals surface area contributed by atoms with E-state index in [1.54, 1.807) is 23.4 Å². The van der Waals surface area contributed by atoms with Crippen LogP contribution in [0.5, 0.6) is 5.75 Å². The number of rotatable bonds is 3. The highest BCUT2D eigenvalue weighted by molar-refractivity contribution is 6.31. The van der Waals surface area contributed by atoms with Gasteiger partial charge in [0, 0.05) is 12.2 Å². The van der Waals surface area contributed by atoms with Crippen molar-refractivity contribution in [2.75, 3.05) is 6.61 Å². The van der Waals surface area contributed by atoms with E-state index in [2.05, 4.69) is 4.98 Å². The third-order valence-corrected chi connectivity index (χ3v) is 4.42. The van der Waals surface area contributed by atoms with Crippen molar-refractivity contribution in [1.82, 2.24) is 9.88 Å². The fourth-order valence-electron chi connectivity index (χ4n) is 3.25. The zero-order chi connectivity index (χ0) is 13.4. The molecule has 2 bridgehead atoms. The van der Waals surface area contributed by atoms with Gasteiger partial charge in [-0.1, -0.05) is 11.6 Å². The van der Waals surface area contributed by atoms with Crippen LogP contribution in [0.15, 0.2) is 18.5 Å². The smallest absolute Gasteiger partial charge is 0.407 e. The number of halogens is 1. The standard InChI is InChI=1S/C13H15ClN2O3/c14-10-3-4-15-6-12(10)19-7-11-8-1-2-9(5-8)16(11)13(17)18/h3-4,6,8-9,11H,1-2,5,7H2,(H,17,18)/t8-,9+,11+/m1/s1. The number of hydrogen-bond acceptors (Lipinski definition) is 3. The first-order valence-electron chi connectivity index (χ1n) is 6.40. The number of piperidine rings is 1. The molecule has 1 saturated carbocycles. The summed E-state index contributed by atoms with van der Waals surface area (Å²) in [6, 6.07) is 1.76. The average Bonchev–Trinajstić information content (AvgIpc) is 2.98. The Morgan fingerprint density at radius 3 is 3.16 bits per heavy atom. The maximum Gasteiger partial charge on any atom is 0.407 e. The lowest BCUT2D eigenvalue weighted by Crippen LogP contribution is -2.47. The number of aromatic nitrogens is 1. The molecule has 2 heterocycles. The highest BCUT2D eigenvalue weighted by atomic mass is 35.5. The van der Waals surface area contributed by atoms with Gasteiger partial charge in [0.2, 0.25) is 0 Å². The summed E-state index contributed by atoms with van der Waals surface area (Å²) < 4.78 is 5.65. The van der Waals surface area contributed by atoms with E-state index < -0.39 is 6.09 Å². The maximum atomic E-state index is 11.3. The number of pyridine rings is 1. The van der Waals surface area contributed by atoms with E-state index in [4.69, 9.17) is 16.3 Å². The SMILES string of the molecule is O=C(O)N1[C@H]2CC[C@H](C2)[C@@H]1COc1cnccc1Cl. The summed E-state index contributed by atoms with van der Waals surface area (Å²) in [6.45, 7) is 0.346. The van der Waals surface area contributed by atoms with Gasteiger partial charge < -0.3 is 9.84 Å². The first-order chi connectivity index (χ1) is 9.16. The molecule has 0 unspecified atom stereocenters. The predicted molar refractivity (Wildman–Crippen MR) is 69.5 cm³/mol. The Balaban J connectivity index is 1.69. The zero-order valence-corrected chi connectivity index (χ0v) is 11.1. The molecule has 0 spiro atoms. The molecular formula is C13H15ClN2O3. The highest BCUT2D eigenvalue weighted by Crippen LogP contribution is 2.42. The van der Waals surface area contributed by atoms with Gasteiger partial charge in [-0.3, -0.25) is 9.88 Å². The molecule has 1 N–H and O–H groups in total. The molecule has 0 aromatic carbocycles. The van der Waals surface area contributed by atoms with Crippen LogP contribution < -0.4 is 4.74 Å². The lowest BCUT2D eigenvalue weighted by Gasteiger charge is -2.32. The van der Waals surface area contributed by atoms with Crippen LogP contribution in [-0.2, 0) is 0 Å². The van der Waals surface area contributed by atoms with Crippen molar-refractivity contribution >= 4 is 17.7 Å². The summed E-state index contributed by atoms with van der Waals surface area (Å²) in [5.41, 5.74) is 0. The summed E-state index contributed by atoms with van der Waals surface area (Å²) in [4.78, 5) is 16.8. The number of likely N-dealkylation sites (tertiary alicyclic amines) is 1. The number of carbonyl (C=O) groups is 1. The Hall–Kier alpha value is -1.49. The molecule has 3 atom stereocenters. The molecule has 1 amide bonds. The summed E-state index contributed by atoms with van der Waals surface area (Å²) in [7, 11) is 0. The highest BCUT2D eigenvalue weighted by Gasteiger charge is 2.48. The Bertz CT molecular complexity index is 497. The van der Waals surface area contributed by atoms with Crippen molar-refractivity contribution in [3.8, 4) is 5.75 Å². The van der Waals surface area contributed by atoms with Crippen LogP contribution in [0.2, 0.25) is 5.02 Å². The third-order valence-electron chi connectivity index (χ3n) is 4.10. The molecule has 2 fully saturated rings. The van der Waals surface area contributed by atoms with Crippen molar-refractivity contribution in [2.45, 2.75) is 31.3 Å². The van der Waals surface area contributed by atoms with E-state index in [-0.39, 0.29) is 12.1 Å². The molecule has 3 rings (SSSR count). The van der Waals surface area contributed by atoms with Gasteiger partial charge in [0.15, 0.2) is 5.75 Å². The molecule has 5 nitrogen and oxygen atoms in total. The van der Waals surface area contributed by atoms with Crippen LogP contribution in [0.1, 0.15) is 19.3 Å². The Labute approximate surface area is 116 Å². The van der Waals surface area contributed by atoms with Gasteiger partial charge in [0.05, 0.1) is 17.3 Å². The van der Waals surface area contributed by atoms with Gasteiger partial charge in [-0.05, 0) is 31.2 Å². The van der Waals surface area contributed by atoms with E-state index in [0.717, 1.165) is 19.3 Å². The molecule has 1 aromatic rings. The minimum absolute atomic E-state index is 0.0625. The van der Waals surface area contributed by atoms with E-state index in [1.165, 1.54) is 0 Å². The second kappa shape index (κ2) is 4.89. The van der Waals surface area contributed by atoms with Crippen LogP contribution in [0, 0.1) is 5.92 Å². The van der Waals surface area contributed by atoms with Crippen LogP contribution >= 0.6 is 11.6 Å². The summed E-state index contributed by atoms with van der Waals surface area (Å²) in [6.07, 6.45) is 5.32. The number of nitrogens with zero attached hydrogens (tertiary/aromatic N) is 2. The van der Waals surface area contributed by atoms with E-state index in [0.29, 0.717) is 23.3 Å². The quantitative estimate of drug-likeness (QED) is 0.926. The molecule has 19 heavy (non-hydrogen) atoms. The van der Waals surface area contributed by atoms with Crippen LogP contribution in [0.25, 0.3) is 0 Å². The van der Waals surface area contributed by atoms with Crippen molar-refractivity contribution in [2.24, 2.45) is 5.92 Å². The lowest BCUT2D eigenvalue weighted by molar-refractivity contribution is 0.0794. The normalized spacial score (nSPS) is 28.7. The molecule has 0 radical (unpaired) electrons. The van der Waals surface area contributed by atoms with E-state index in [9.17, 15) is 9.90 Å². The van der Waals surface area contributed by atoms with Gasteiger partial charge in [0.1, 0.15) is 6.61 Å². The number of ether oxygens (including phenoxy) is 1. The first-order valence-corrected chi connectivity index (χ1v) is 6.78. The van der Waals surface area contributed by atoms with Gasteiger partial charge in [0.25, 0.3) is 0 Å². The third kappa shape index (κ3) is 2.23. The van der Waals surface area contributed by atoms with Gasteiger partial charge >= 0.3 is 6.09 Å². The molecule has 2 aliphatic rings. The largest absolute Gasteiger partial charge is 0.488 e. The summed E-state index contributed by atoms with van der Waals surface area (Å²) in [5.74, 6) is 0.925. The molecule has 1 aliphatic heterocycles. The van der Waals surface area contributed by atoms with Crippen LogP contribution in [-0.4, -0.2) is 39.8 Å². The van der Waals surface area contributed by atoms with Crippen molar-refractivity contribution < 1.29 is 14.6 Å². The van der Waals surface area contributed by atoms with E-state index in [1.807, 2.05) is 0 Å². The minimum atomic E-state index is -0.849. The molecule has 1 aliphatic carbocycles. The van der Waals surface area contributed by atoms with Crippen molar-refractivity contribution in [3.05, 3.63) is 23.5 Å². The summed E-state index contributed by atoms with van der Waals surface area (Å²) in [5, 5.41) is 9.79. The average molecular weight is 283 g/mol. The lowest BCUT2D eigenvalue weighted by atomic mass is 10.00. The number of fused-ring (bicyclic) bond motifs is 2. The fourth-order valence-corrected chi connectivity index (χ4v) is 3.41. The molecule has 102 valence electrons. The number of hydrogen-bond donors (Lipinski definition) is 1. The Morgan fingerprint density at radius 2 is 2.42 bits per heavy atom. The number of carboxylic acid groups (broad SMARTS) is 1. The Morgan fingerprint density at radius 1 is 1.58 bits per heavy atom. The van der Waals surface area contributed by atoms with Gasteiger partial charge in [-0.15, -0.1) is 0 Å². The minimum Gasteiger partial charge on any atom is -0.488 e. The fraction of sp³-hybridized carbons (Fsp3) is 0.538. The van der Waals surface area contributed by atoms with Crippen LogP contribution in [0.4, 0.5) is 4.79 Å². The van der Waals surface area contributed by atoms with Crippen molar-refractivity contribution in [1.29, 1.82) is 0 Å². The van der Waals surface area contributed by atoms with Gasteiger partial charge in [-0.25, -0.2) is 4.79 Å². The van der Waals surface area contributed by atoms with Crippen molar-refractivity contribution in [3.63, 3.8) is 0 Å². The van der Waals surface area contributed by atoms with Gasteiger partial charge in [-0.2, -0.15) is 0 Å². The molecule has 1 saturated heterocycles. The van der Waals surface area contributed by atoms with Crippen LogP contribution in [0.3, 0.4) is 0 Å². The predicted octanol–water partition coefficient (Wildman–Crippen LogP) is 2.64. The maximum absolute atomic E-state index is 11.3. The zero-order valence-electron chi connectivity index (χ0n) is 10.3. The summed E-state index contributed by atoms with van der Waals surface area (Å²) >= 11 is 5.99. The Kier molecular flexibility index (Phi) is 3.22. The molecule has 6 heteroatoms.